The number of fused-ring (bicyclic) bond motifs is 1. The van der Waals surface area contributed by atoms with Crippen LogP contribution in [0.1, 0.15) is 19.4 Å². The number of hydrogen-bond donors (Lipinski definition) is 2. The highest BCUT2D eigenvalue weighted by Crippen LogP contribution is 2.31. The Bertz CT molecular complexity index is 718. The van der Waals surface area contributed by atoms with Crippen LogP contribution in [0.4, 0.5) is 0 Å². The number of hydrogen-bond acceptors (Lipinski definition) is 4. The van der Waals surface area contributed by atoms with E-state index in [1.54, 1.807) is 12.1 Å². The third-order valence-corrected chi connectivity index (χ3v) is 2.89. The number of esters is 1. The van der Waals surface area contributed by atoms with E-state index in [1.807, 2.05) is 12.1 Å². The summed E-state index contributed by atoms with van der Waals surface area (Å²) in [5.41, 5.74) is 1.64. The quantitative estimate of drug-likeness (QED) is 0.634. The van der Waals surface area contributed by atoms with Gasteiger partial charge in [0.25, 0.3) is 0 Å². The predicted octanol–water partition coefficient (Wildman–Crippen LogP) is 2.29. The SMILES string of the molecule is C=CCOc1cc(CNC(C)=O)cc2[nH]c(OC(C)=O)cc12. The normalized spacial score (nSPS) is 10.3. The van der Waals surface area contributed by atoms with Crippen LogP contribution in [0.25, 0.3) is 10.9 Å². The predicted molar refractivity (Wildman–Crippen MR) is 82.8 cm³/mol. The summed E-state index contributed by atoms with van der Waals surface area (Å²) in [5, 5.41) is 3.53. The van der Waals surface area contributed by atoms with Crippen molar-refractivity contribution in [2.75, 3.05) is 6.61 Å². The first-order valence-corrected chi connectivity index (χ1v) is 6.81. The number of benzene rings is 1. The molecule has 0 aliphatic heterocycles. The molecule has 0 bridgehead atoms. The number of aromatic amines is 1. The molecule has 1 amide bonds. The van der Waals surface area contributed by atoms with Gasteiger partial charge in [0.05, 0.1) is 5.52 Å². The van der Waals surface area contributed by atoms with E-state index in [0.717, 1.165) is 16.5 Å². The highest BCUT2D eigenvalue weighted by Gasteiger charge is 2.11. The average molecular weight is 302 g/mol. The van der Waals surface area contributed by atoms with Gasteiger partial charge in [-0.1, -0.05) is 12.7 Å². The molecule has 0 saturated heterocycles. The summed E-state index contributed by atoms with van der Waals surface area (Å²) in [6, 6.07) is 5.42. The van der Waals surface area contributed by atoms with E-state index in [2.05, 4.69) is 16.9 Å². The molecule has 1 aromatic heterocycles. The van der Waals surface area contributed by atoms with Crippen molar-refractivity contribution >= 4 is 22.8 Å². The summed E-state index contributed by atoms with van der Waals surface area (Å²) >= 11 is 0. The topological polar surface area (TPSA) is 80.4 Å². The maximum atomic E-state index is 11.1. The Labute approximate surface area is 128 Å². The van der Waals surface area contributed by atoms with Crippen molar-refractivity contribution in [1.82, 2.24) is 10.3 Å². The van der Waals surface area contributed by atoms with Gasteiger partial charge in [-0.2, -0.15) is 0 Å². The number of aromatic nitrogens is 1. The first kappa shape index (κ1) is 15.6. The summed E-state index contributed by atoms with van der Waals surface area (Å²) in [4.78, 5) is 25.1. The van der Waals surface area contributed by atoms with Gasteiger partial charge >= 0.3 is 5.97 Å². The van der Waals surface area contributed by atoms with Gasteiger partial charge in [-0.3, -0.25) is 9.59 Å². The lowest BCUT2D eigenvalue weighted by molar-refractivity contribution is -0.132. The number of carbonyl (C=O) groups excluding carboxylic acids is 2. The van der Waals surface area contributed by atoms with Gasteiger partial charge in [0.15, 0.2) is 0 Å². The van der Waals surface area contributed by atoms with E-state index >= 15 is 0 Å². The van der Waals surface area contributed by atoms with Gasteiger partial charge in [-0.25, -0.2) is 0 Å². The molecule has 0 fully saturated rings. The fourth-order valence-corrected chi connectivity index (χ4v) is 2.04. The van der Waals surface area contributed by atoms with Crippen molar-refractivity contribution in [3.8, 4) is 11.6 Å². The summed E-state index contributed by atoms with van der Waals surface area (Å²) in [7, 11) is 0. The molecule has 0 saturated carbocycles. The number of amides is 1. The van der Waals surface area contributed by atoms with E-state index in [4.69, 9.17) is 9.47 Å². The highest BCUT2D eigenvalue weighted by molar-refractivity contribution is 5.89. The standard InChI is InChI=1S/C16H18N2O4/c1-4-5-21-15-7-12(9-17-10(2)19)6-14-13(15)8-16(18-14)22-11(3)20/h4,6-8,18H,1,5,9H2,2-3H3,(H,17,19). The molecule has 2 rings (SSSR count). The van der Waals surface area contributed by atoms with E-state index in [0.29, 0.717) is 24.8 Å². The first-order valence-electron chi connectivity index (χ1n) is 6.81. The van der Waals surface area contributed by atoms with Crippen LogP contribution in [-0.2, 0) is 16.1 Å². The molecule has 1 aromatic carbocycles. The maximum Gasteiger partial charge on any atom is 0.309 e. The molecule has 0 radical (unpaired) electrons. The number of H-pyrrole nitrogens is 1. The zero-order valence-corrected chi connectivity index (χ0v) is 12.6. The minimum absolute atomic E-state index is 0.110. The molecular formula is C16H18N2O4. The molecular weight excluding hydrogens is 284 g/mol. The van der Waals surface area contributed by atoms with Crippen LogP contribution in [0.5, 0.6) is 11.6 Å². The molecule has 0 unspecified atom stereocenters. The van der Waals surface area contributed by atoms with E-state index in [9.17, 15) is 9.59 Å². The lowest BCUT2D eigenvalue weighted by Crippen LogP contribution is -2.18. The molecule has 116 valence electrons. The third-order valence-electron chi connectivity index (χ3n) is 2.89. The van der Waals surface area contributed by atoms with Crippen LogP contribution in [0.2, 0.25) is 0 Å². The molecule has 2 aromatic rings. The smallest absolute Gasteiger partial charge is 0.309 e. The van der Waals surface area contributed by atoms with Crippen molar-refractivity contribution in [3.05, 3.63) is 36.4 Å². The lowest BCUT2D eigenvalue weighted by Gasteiger charge is -2.08. The van der Waals surface area contributed by atoms with Gasteiger partial charge < -0.3 is 19.8 Å². The van der Waals surface area contributed by atoms with Gasteiger partial charge in [-0.05, 0) is 17.7 Å². The Balaban J connectivity index is 2.39. The average Bonchev–Trinajstić information content (AvgIpc) is 2.83. The Morgan fingerprint density at radius 1 is 1.32 bits per heavy atom. The van der Waals surface area contributed by atoms with Crippen molar-refractivity contribution in [3.63, 3.8) is 0 Å². The van der Waals surface area contributed by atoms with Crippen LogP contribution >= 0.6 is 0 Å². The summed E-state index contributed by atoms with van der Waals surface area (Å²) in [6.07, 6.45) is 1.64. The zero-order chi connectivity index (χ0) is 16.1. The summed E-state index contributed by atoms with van der Waals surface area (Å²) in [6.45, 7) is 7.16. The minimum atomic E-state index is -0.404. The summed E-state index contributed by atoms with van der Waals surface area (Å²) in [5.74, 6) is 0.467. The molecule has 2 N–H and O–H groups in total. The highest BCUT2D eigenvalue weighted by atomic mass is 16.5. The van der Waals surface area contributed by atoms with Crippen molar-refractivity contribution in [2.45, 2.75) is 20.4 Å². The molecule has 6 heteroatoms. The fourth-order valence-electron chi connectivity index (χ4n) is 2.04. The number of nitrogens with one attached hydrogen (secondary N) is 2. The van der Waals surface area contributed by atoms with Crippen molar-refractivity contribution < 1.29 is 19.1 Å². The Morgan fingerprint density at radius 3 is 2.73 bits per heavy atom. The second-order valence-corrected chi connectivity index (χ2v) is 4.79. The molecule has 0 aliphatic rings. The Morgan fingerprint density at radius 2 is 2.09 bits per heavy atom. The lowest BCUT2D eigenvalue weighted by atomic mass is 10.1. The van der Waals surface area contributed by atoms with Crippen LogP contribution in [0, 0.1) is 0 Å². The molecule has 6 nitrogen and oxygen atoms in total. The van der Waals surface area contributed by atoms with Crippen molar-refractivity contribution in [1.29, 1.82) is 0 Å². The fraction of sp³-hybridized carbons (Fsp3) is 0.250. The van der Waals surface area contributed by atoms with Crippen LogP contribution in [0.3, 0.4) is 0 Å². The Hall–Kier alpha value is -2.76. The van der Waals surface area contributed by atoms with E-state index in [1.165, 1.54) is 13.8 Å². The van der Waals surface area contributed by atoms with Gasteiger partial charge in [-0.15, -0.1) is 0 Å². The third kappa shape index (κ3) is 3.88. The number of ether oxygens (including phenoxy) is 2. The largest absolute Gasteiger partial charge is 0.489 e. The number of rotatable bonds is 6. The second kappa shape index (κ2) is 6.80. The Kier molecular flexibility index (Phi) is 4.83. The van der Waals surface area contributed by atoms with Crippen LogP contribution in [-0.4, -0.2) is 23.5 Å². The maximum absolute atomic E-state index is 11.1. The molecule has 0 aliphatic carbocycles. The van der Waals surface area contributed by atoms with Gasteiger partial charge in [0.2, 0.25) is 11.8 Å². The van der Waals surface area contributed by atoms with Crippen LogP contribution in [0.15, 0.2) is 30.9 Å². The zero-order valence-electron chi connectivity index (χ0n) is 12.6. The monoisotopic (exact) mass is 302 g/mol. The molecule has 0 spiro atoms. The van der Waals surface area contributed by atoms with Crippen molar-refractivity contribution in [2.24, 2.45) is 0 Å². The first-order chi connectivity index (χ1) is 10.5. The molecule has 0 atom stereocenters. The number of carbonyl (C=O) groups is 2. The minimum Gasteiger partial charge on any atom is -0.489 e. The van der Waals surface area contributed by atoms with Crippen LogP contribution < -0.4 is 14.8 Å². The van der Waals surface area contributed by atoms with Gasteiger partial charge in [0, 0.05) is 31.8 Å². The summed E-state index contributed by atoms with van der Waals surface area (Å²) < 4.78 is 10.7. The molecule has 1 heterocycles. The molecule has 22 heavy (non-hydrogen) atoms. The van der Waals surface area contributed by atoms with Gasteiger partial charge in [0.1, 0.15) is 12.4 Å². The van der Waals surface area contributed by atoms with E-state index in [-0.39, 0.29) is 5.91 Å². The second-order valence-electron chi connectivity index (χ2n) is 4.79. The van der Waals surface area contributed by atoms with E-state index < -0.39 is 5.97 Å².